The van der Waals surface area contributed by atoms with E-state index in [0.717, 1.165) is 32.4 Å². The third kappa shape index (κ3) is 4.95. The van der Waals surface area contributed by atoms with Crippen LogP contribution in [-0.2, 0) is 16.6 Å². The Balaban J connectivity index is 1.82. The van der Waals surface area contributed by atoms with E-state index in [-0.39, 0.29) is 24.1 Å². The first-order valence-corrected chi connectivity index (χ1v) is 7.83. The Labute approximate surface area is 135 Å². The van der Waals surface area contributed by atoms with Crippen LogP contribution in [0.4, 0.5) is 0 Å². The van der Waals surface area contributed by atoms with Crippen LogP contribution >= 0.6 is 0 Å². The van der Waals surface area contributed by atoms with Crippen molar-refractivity contribution >= 4 is 11.8 Å². The highest BCUT2D eigenvalue weighted by Crippen LogP contribution is 2.13. The van der Waals surface area contributed by atoms with Crippen molar-refractivity contribution in [3.05, 3.63) is 11.8 Å². The average Bonchev–Trinajstić information content (AvgIpc) is 3.19. The van der Waals surface area contributed by atoms with Crippen molar-refractivity contribution in [2.45, 2.75) is 19.3 Å². The lowest BCUT2D eigenvalue weighted by Gasteiger charge is -2.15. The van der Waals surface area contributed by atoms with E-state index < -0.39 is 0 Å². The number of aromatic nitrogens is 2. The minimum absolute atomic E-state index is 0.0331. The van der Waals surface area contributed by atoms with Crippen LogP contribution in [0.3, 0.4) is 0 Å². The highest BCUT2D eigenvalue weighted by atomic mass is 16.5. The molecule has 128 valence electrons. The van der Waals surface area contributed by atoms with E-state index in [9.17, 15) is 9.59 Å². The van der Waals surface area contributed by atoms with Gasteiger partial charge in [-0.05, 0) is 19.3 Å². The fourth-order valence-electron chi connectivity index (χ4n) is 2.40. The zero-order chi connectivity index (χ0) is 16.7. The molecule has 1 N–H and O–H groups in total. The van der Waals surface area contributed by atoms with E-state index in [1.54, 1.807) is 25.1 Å². The molecule has 1 fully saturated rings. The number of ether oxygens (including phenoxy) is 2. The summed E-state index contributed by atoms with van der Waals surface area (Å²) in [6, 6.07) is 1.54. The smallest absolute Gasteiger partial charge is 0.271 e. The van der Waals surface area contributed by atoms with Gasteiger partial charge in [-0.1, -0.05) is 0 Å². The van der Waals surface area contributed by atoms with Gasteiger partial charge in [-0.3, -0.25) is 9.59 Å². The first-order valence-electron chi connectivity index (χ1n) is 7.83. The monoisotopic (exact) mass is 324 g/mol. The van der Waals surface area contributed by atoms with Crippen LogP contribution in [0.5, 0.6) is 5.88 Å². The molecule has 2 rings (SSSR count). The molecule has 0 radical (unpaired) electrons. The molecular weight excluding hydrogens is 300 g/mol. The van der Waals surface area contributed by atoms with Gasteiger partial charge < -0.3 is 19.7 Å². The molecule has 0 atom stereocenters. The standard InChI is InChI=1S/C15H24N4O4/c1-18-14(23-11-13(20)19-7-3-4-8-19)10-12(17-18)15(21)16-6-5-9-22-2/h10H,3-9,11H2,1-2H3,(H,16,21). The fraction of sp³-hybridized carbons (Fsp3) is 0.667. The number of aryl methyl sites for hydroxylation is 1. The van der Waals surface area contributed by atoms with E-state index in [1.807, 2.05) is 0 Å². The summed E-state index contributed by atoms with van der Waals surface area (Å²) in [5.41, 5.74) is 0.272. The zero-order valence-corrected chi connectivity index (χ0v) is 13.7. The van der Waals surface area contributed by atoms with Gasteiger partial charge in [-0.25, -0.2) is 4.68 Å². The van der Waals surface area contributed by atoms with E-state index in [0.29, 0.717) is 19.0 Å². The van der Waals surface area contributed by atoms with Gasteiger partial charge >= 0.3 is 0 Å². The maximum Gasteiger partial charge on any atom is 0.271 e. The molecule has 0 unspecified atom stereocenters. The number of amides is 2. The van der Waals surface area contributed by atoms with Gasteiger partial charge in [0, 0.05) is 46.5 Å². The summed E-state index contributed by atoms with van der Waals surface area (Å²) in [4.78, 5) is 25.7. The van der Waals surface area contributed by atoms with Crippen molar-refractivity contribution in [2.24, 2.45) is 7.05 Å². The molecule has 0 saturated carbocycles. The highest BCUT2D eigenvalue weighted by Gasteiger charge is 2.19. The van der Waals surface area contributed by atoms with Crippen LogP contribution in [0, 0.1) is 0 Å². The van der Waals surface area contributed by atoms with Gasteiger partial charge in [0.05, 0.1) is 0 Å². The molecule has 1 aromatic rings. The predicted octanol–water partition coefficient (Wildman–Crippen LogP) is 0.188. The molecule has 8 nitrogen and oxygen atoms in total. The number of methoxy groups -OCH3 is 1. The maximum absolute atomic E-state index is 12.0. The summed E-state index contributed by atoms with van der Waals surface area (Å²) in [7, 11) is 3.30. The molecule has 1 aliphatic rings. The number of nitrogens with one attached hydrogen (secondary N) is 1. The Kier molecular flexibility index (Phi) is 6.40. The summed E-state index contributed by atoms with van der Waals surface area (Å²) in [5.74, 6) is 0.103. The van der Waals surface area contributed by atoms with Gasteiger partial charge in [-0.15, -0.1) is 0 Å². The number of carbonyl (C=O) groups excluding carboxylic acids is 2. The van der Waals surface area contributed by atoms with Crippen LogP contribution in [0.1, 0.15) is 29.8 Å². The van der Waals surface area contributed by atoms with Crippen molar-refractivity contribution < 1.29 is 19.1 Å². The molecule has 1 aromatic heterocycles. The summed E-state index contributed by atoms with van der Waals surface area (Å²) >= 11 is 0. The molecule has 23 heavy (non-hydrogen) atoms. The Morgan fingerprint density at radius 2 is 2.09 bits per heavy atom. The van der Waals surface area contributed by atoms with Crippen LogP contribution in [0.2, 0.25) is 0 Å². The lowest BCUT2D eigenvalue weighted by atomic mass is 10.4. The topological polar surface area (TPSA) is 85.7 Å². The van der Waals surface area contributed by atoms with Crippen LogP contribution in [-0.4, -0.2) is 66.5 Å². The van der Waals surface area contributed by atoms with E-state index >= 15 is 0 Å². The zero-order valence-electron chi connectivity index (χ0n) is 13.7. The van der Waals surface area contributed by atoms with Gasteiger partial charge in [0.1, 0.15) is 0 Å². The second-order valence-electron chi connectivity index (χ2n) is 5.47. The van der Waals surface area contributed by atoms with Crippen LogP contribution in [0.25, 0.3) is 0 Å². The minimum Gasteiger partial charge on any atom is -0.468 e. The number of likely N-dealkylation sites (tertiary alicyclic amines) is 1. The molecule has 8 heteroatoms. The number of hydrogen-bond acceptors (Lipinski definition) is 5. The van der Waals surface area contributed by atoms with Gasteiger partial charge in [0.25, 0.3) is 11.8 Å². The largest absolute Gasteiger partial charge is 0.468 e. The third-order valence-corrected chi connectivity index (χ3v) is 3.68. The van der Waals surface area contributed by atoms with Gasteiger partial charge in [-0.2, -0.15) is 5.10 Å². The first-order chi connectivity index (χ1) is 11.1. The van der Waals surface area contributed by atoms with Crippen molar-refractivity contribution in [3.8, 4) is 5.88 Å². The summed E-state index contributed by atoms with van der Waals surface area (Å²) < 4.78 is 11.9. The summed E-state index contributed by atoms with van der Waals surface area (Å²) in [6.45, 7) is 2.67. The van der Waals surface area contributed by atoms with Gasteiger partial charge in [0.2, 0.25) is 5.88 Å². The number of carbonyl (C=O) groups is 2. The van der Waals surface area contributed by atoms with Crippen molar-refractivity contribution in [2.75, 3.05) is 40.0 Å². The second-order valence-corrected chi connectivity index (χ2v) is 5.47. The molecule has 0 aromatic carbocycles. The number of hydrogen-bond donors (Lipinski definition) is 1. The van der Waals surface area contributed by atoms with E-state index in [2.05, 4.69) is 10.4 Å². The maximum atomic E-state index is 12.0. The quantitative estimate of drug-likeness (QED) is 0.690. The van der Waals surface area contributed by atoms with Crippen LogP contribution in [0.15, 0.2) is 6.07 Å². The third-order valence-electron chi connectivity index (χ3n) is 3.68. The molecule has 1 saturated heterocycles. The number of rotatable bonds is 8. The molecule has 0 aliphatic carbocycles. The lowest BCUT2D eigenvalue weighted by molar-refractivity contribution is -0.132. The lowest BCUT2D eigenvalue weighted by Crippen LogP contribution is -2.32. The number of nitrogens with zero attached hydrogens (tertiary/aromatic N) is 3. The molecule has 2 heterocycles. The van der Waals surface area contributed by atoms with Crippen molar-refractivity contribution in [1.82, 2.24) is 20.0 Å². The Morgan fingerprint density at radius 1 is 1.35 bits per heavy atom. The Morgan fingerprint density at radius 3 is 2.78 bits per heavy atom. The highest BCUT2D eigenvalue weighted by molar-refractivity contribution is 5.92. The molecule has 2 amide bonds. The van der Waals surface area contributed by atoms with E-state index in [1.165, 1.54) is 4.68 Å². The minimum atomic E-state index is -0.266. The molecular formula is C15H24N4O4. The molecule has 1 aliphatic heterocycles. The van der Waals surface area contributed by atoms with E-state index in [4.69, 9.17) is 9.47 Å². The second kappa shape index (κ2) is 8.52. The summed E-state index contributed by atoms with van der Waals surface area (Å²) in [6.07, 6.45) is 2.83. The predicted molar refractivity (Wildman–Crippen MR) is 83.3 cm³/mol. The first kappa shape index (κ1) is 17.3. The molecule has 0 bridgehead atoms. The van der Waals surface area contributed by atoms with Gasteiger partial charge in [0.15, 0.2) is 12.3 Å². The Bertz CT molecular complexity index is 538. The fourth-order valence-corrected chi connectivity index (χ4v) is 2.40. The Hall–Kier alpha value is -2.09. The molecule has 0 spiro atoms. The van der Waals surface area contributed by atoms with Crippen molar-refractivity contribution in [1.29, 1.82) is 0 Å². The van der Waals surface area contributed by atoms with Crippen LogP contribution < -0.4 is 10.1 Å². The van der Waals surface area contributed by atoms with Crippen molar-refractivity contribution in [3.63, 3.8) is 0 Å². The summed E-state index contributed by atoms with van der Waals surface area (Å²) in [5, 5.41) is 6.87. The normalized spacial score (nSPS) is 14.1. The average molecular weight is 324 g/mol. The SMILES string of the molecule is COCCCNC(=O)c1cc(OCC(=O)N2CCCC2)n(C)n1.